The number of halogens is 1. The van der Waals surface area contributed by atoms with Gasteiger partial charge in [0, 0.05) is 17.0 Å². The summed E-state index contributed by atoms with van der Waals surface area (Å²) in [4.78, 5) is 4.94. The van der Waals surface area contributed by atoms with E-state index in [0.717, 1.165) is 22.5 Å². The fraction of sp³-hybridized carbons (Fsp3) is 0.562. The summed E-state index contributed by atoms with van der Waals surface area (Å²) in [7, 11) is 0. The number of hydrogen-bond acceptors (Lipinski definition) is 3. The van der Waals surface area contributed by atoms with Gasteiger partial charge in [-0.05, 0) is 37.8 Å². The van der Waals surface area contributed by atoms with E-state index in [2.05, 4.69) is 12.2 Å². The highest BCUT2D eigenvalue weighted by Gasteiger charge is 2.39. The molecule has 1 aliphatic heterocycles. The zero-order valence-corrected chi connectivity index (χ0v) is 12.9. The molecule has 4 heteroatoms. The van der Waals surface area contributed by atoms with Gasteiger partial charge in [0.1, 0.15) is 5.82 Å². The molecule has 2 nitrogen and oxygen atoms in total. The molecule has 2 aliphatic rings. The molecule has 0 aromatic heterocycles. The molecule has 1 saturated carbocycles. The zero-order chi connectivity index (χ0) is 14.2. The lowest BCUT2D eigenvalue weighted by molar-refractivity contribution is 0.266. The quantitative estimate of drug-likeness (QED) is 0.818. The van der Waals surface area contributed by atoms with Crippen LogP contribution in [0.4, 0.5) is 10.1 Å². The highest BCUT2D eigenvalue weighted by molar-refractivity contribution is 8.14. The Morgan fingerprint density at radius 2 is 2.30 bits per heavy atom. The van der Waals surface area contributed by atoms with Crippen molar-refractivity contribution in [2.45, 2.75) is 45.1 Å². The van der Waals surface area contributed by atoms with Gasteiger partial charge in [0.2, 0.25) is 0 Å². The number of nitrogens with zero attached hydrogens (tertiary/aromatic N) is 1. The lowest BCUT2D eigenvalue weighted by Gasteiger charge is -2.33. The van der Waals surface area contributed by atoms with Gasteiger partial charge >= 0.3 is 0 Å². The SMILES string of the molecule is Cc1c(F)cccc1NC1=NC2(CCCC(C)C2)CS1. The smallest absolute Gasteiger partial charge is 0.161 e. The van der Waals surface area contributed by atoms with E-state index in [1.807, 2.05) is 6.07 Å². The Bertz CT molecular complexity index is 543. The molecule has 2 unspecified atom stereocenters. The third-order valence-corrected chi connectivity index (χ3v) is 5.54. The third kappa shape index (κ3) is 2.71. The van der Waals surface area contributed by atoms with E-state index in [0.29, 0.717) is 5.56 Å². The highest BCUT2D eigenvalue weighted by Crippen LogP contribution is 2.42. The molecule has 1 N–H and O–H groups in total. The average molecular weight is 292 g/mol. The minimum absolute atomic E-state index is 0.131. The van der Waals surface area contributed by atoms with Crippen molar-refractivity contribution in [1.82, 2.24) is 0 Å². The number of anilines is 1. The summed E-state index contributed by atoms with van der Waals surface area (Å²) in [5.41, 5.74) is 1.62. The number of thioether (sulfide) groups is 1. The molecule has 2 atom stereocenters. The number of benzene rings is 1. The summed E-state index contributed by atoms with van der Waals surface area (Å²) in [5, 5.41) is 4.26. The molecule has 0 amide bonds. The predicted molar refractivity (Wildman–Crippen MR) is 85.0 cm³/mol. The maximum atomic E-state index is 13.6. The Kier molecular flexibility index (Phi) is 3.76. The van der Waals surface area contributed by atoms with Crippen molar-refractivity contribution < 1.29 is 4.39 Å². The van der Waals surface area contributed by atoms with Gasteiger partial charge in [-0.15, -0.1) is 0 Å². The number of hydrogen-bond donors (Lipinski definition) is 1. The maximum Gasteiger partial charge on any atom is 0.161 e. The van der Waals surface area contributed by atoms with Gasteiger partial charge in [0.05, 0.1) is 5.54 Å². The van der Waals surface area contributed by atoms with Crippen molar-refractivity contribution in [3.05, 3.63) is 29.6 Å². The molecule has 1 aromatic carbocycles. The van der Waals surface area contributed by atoms with Crippen LogP contribution in [0.15, 0.2) is 23.2 Å². The Morgan fingerprint density at radius 3 is 3.10 bits per heavy atom. The Labute approximate surface area is 124 Å². The van der Waals surface area contributed by atoms with Crippen molar-refractivity contribution in [2.75, 3.05) is 11.1 Å². The van der Waals surface area contributed by atoms with Crippen molar-refractivity contribution in [1.29, 1.82) is 0 Å². The number of amidine groups is 1. The summed E-state index contributed by atoms with van der Waals surface area (Å²) in [5.74, 6) is 1.66. The Morgan fingerprint density at radius 1 is 1.45 bits per heavy atom. The van der Waals surface area contributed by atoms with Crippen LogP contribution >= 0.6 is 11.8 Å². The van der Waals surface area contributed by atoms with Crippen LogP contribution < -0.4 is 5.32 Å². The molecule has 3 rings (SSSR count). The molecule has 0 bridgehead atoms. The summed E-state index contributed by atoms with van der Waals surface area (Å²) in [6, 6.07) is 5.15. The zero-order valence-electron chi connectivity index (χ0n) is 12.1. The van der Waals surface area contributed by atoms with Crippen molar-refractivity contribution >= 4 is 22.6 Å². The first kappa shape index (κ1) is 13.9. The van der Waals surface area contributed by atoms with Gasteiger partial charge in [-0.2, -0.15) is 0 Å². The molecule has 1 heterocycles. The second-order valence-electron chi connectivity index (χ2n) is 6.17. The minimum Gasteiger partial charge on any atom is -0.335 e. The molecular formula is C16H21FN2S. The largest absolute Gasteiger partial charge is 0.335 e. The lowest BCUT2D eigenvalue weighted by atomic mass is 9.78. The third-order valence-electron chi connectivity index (χ3n) is 4.39. The van der Waals surface area contributed by atoms with E-state index in [-0.39, 0.29) is 11.4 Å². The highest BCUT2D eigenvalue weighted by atomic mass is 32.2. The van der Waals surface area contributed by atoms with Gasteiger partial charge in [-0.25, -0.2) is 4.39 Å². The molecule has 20 heavy (non-hydrogen) atoms. The molecule has 1 spiro atoms. The van der Waals surface area contributed by atoms with Crippen LogP contribution in [-0.2, 0) is 0 Å². The predicted octanol–water partition coefficient (Wildman–Crippen LogP) is 4.60. The van der Waals surface area contributed by atoms with Crippen LogP contribution in [0, 0.1) is 18.7 Å². The monoisotopic (exact) mass is 292 g/mol. The number of rotatable bonds is 1. The standard InChI is InChI=1S/C16H21FN2S/c1-11-5-4-8-16(9-11)10-20-15(19-16)18-14-7-3-6-13(17)12(14)2/h3,6-7,11H,4-5,8-10H2,1-2H3,(H,18,19). The van der Waals surface area contributed by atoms with Crippen LogP contribution in [0.25, 0.3) is 0 Å². The van der Waals surface area contributed by atoms with Gasteiger partial charge in [-0.1, -0.05) is 37.6 Å². The topological polar surface area (TPSA) is 24.4 Å². The van der Waals surface area contributed by atoms with E-state index in [1.165, 1.54) is 31.7 Å². The van der Waals surface area contributed by atoms with Crippen LogP contribution in [0.3, 0.4) is 0 Å². The summed E-state index contributed by atoms with van der Waals surface area (Å²) >= 11 is 1.78. The average Bonchev–Trinajstić information content (AvgIpc) is 2.77. The fourth-order valence-corrected chi connectivity index (χ4v) is 4.44. The first-order valence-electron chi connectivity index (χ1n) is 7.33. The van der Waals surface area contributed by atoms with E-state index in [4.69, 9.17) is 4.99 Å². The van der Waals surface area contributed by atoms with Crippen molar-refractivity contribution in [2.24, 2.45) is 10.9 Å². The van der Waals surface area contributed by atoms with E-state index >= 15 is 0 Å². The van der Waals surface area contributed by atoms with Gasteiger partial charge < -0.3 is 5.32 Å². The summed E-state index contributed by atoms with van der Waals surface area (Å²) in [6.45, 7) is 4.12. The molecular weight excluding hydrogens is 271 g/mol. The minimum atomic E-state index is -0.167. The second-order valence-corrected chi connectivity index (χ2v) is 7.13. The normalized spacial score (nSPS) is 29.6. The van der Waals surface area contributed by atoms with Crippen molar-refractivity contribution in [3.63, 3.8) is 0 Å². The maximum absolute atomic E-state index is 13.6. The molecule has 1 aliphatic carbocycles. The summed E-state index contributed by atoms with van der Waals surface area (Å²) in [6.07, 6.45) is 4.98. The van der Waals surface area contributed by atoms with E-state index in [1.54, 1.807) is 24.8 Å². The van der Waals surface area contributed by atoms with Gasteiger partial charge in [-0.3, -0.25) is 4.99 Å². The van der Waals surface area contributed by atoms with Crippen LogP contribution in [0.5, 0.6) is 0 Å². The first-order valence-corrected chi connectivity index (χ1v) is 8.31. The van der Waals surface area contributed by atoms with E-state index < -0.39 is 0 Å². The number of nitrogens with one attached hydrogen (secondary N) is 1. The van der Waals surface area contributed by atoms with Crippen molar-refractivity contribution in [3.8, 4) is 0 Å². The van der Waals surface area contributed by atoms with Crippen LogP contribution in [0.2, 0.25) is 0 Å². The fourth-order valence-electron chi connectivity index (χ4n) is 3.27. The van der Waals surface area contributed by atoms with Gasteiger partial charge in [0.25, 0.3) is 0 Å². The molecule has 0 saturated heterocycles. The first-order chi connectivity index (χ1) is 9.58. The second kappa shape index (κ2) is 5.40. The Balaban J connectivity index is 1.77. The molecule has 1 aromatic rings. The number of aliphatic imine (C=N–C) groups is 1. The van der Waals surface area contributed by atoms with Gasteiger partial charge in [0.15, 0.2) is 5.17 Å². The summed E-state index contributed by atoms with van der Waals surface area (Å²) < 4.78 is 13.6. The van der Waals surface area contributed by atoms with Crippen LogP contribution in [-0.4, -0.2) is 16.5 Å². The molecule has 0 radical (unpaired) electrons. The molecule has 1 fully saturated rings. The lowest BCUT2D eigenvalue weighted by Crippen LogP contribution is -2.33. The van der Waals surface area contributed by atoms with Crippen LogP contribution in [0.1, 0.15) is 38.2 Å². The Hall–Kier alpha value is -1.03. The van der Waals surface area contributed by atoms with E-state index in [9.17, 15) is 4.39 Å². The molecule has 108 valence electrons.